The van der Waals surface area contributed by atoms with Gasteiger partial charge in [0.15, 0.2) is 5.96 Å². The second-order valence-electron chi connectivity index (χ2n) is 10.3. The van der Waals surface area contributed by atoms with Crippen molar-refractivity contribution in [3.63, 3.8) is 0 Å². The maximum atomic E-state index is 12.8. The average molecular weight is 553 g/mol. The summed E-state index contributed by atoms with van der Waals surface area (Å²) >= 11 is 0. The highest BCUT2D eigenvalue weighted by molar-refractivity contribution is 5.89. The molecule has 1 rings (SSSR count). The number of unbranched alkanes of at least 4 members (excludes halogenated alkanes) is 8. The van der Waals surface area contributed by atoms with Gasteiger partial charge in [0.2, 0.25) is 5.91 Å². The molecule has 3 atom stereocenters. The van der Waals surface area contributed by atoms with E-state index in [2.05, 4.69) is 17.6 Å². The molecule has 0 saturated heterocycles. The number of nitrogens with one attached hydrogen (secondary N) is 3. The largest absolute Gasteiger partial charge is 0.462 e. The normalized spacial score (nSPS) is 18.8. The zero-order valence-electron chi connectivity index (χ0n) is 24.5. The van der Waals surface area contributed by atoms with Gasteiger partial charge in [-0.15, -0.1) is 0 Å². The van der Waals surface area contributed by atoms with Crippen LogP contribution in [-0.2, 0) is 28.6 Å². The number of esters is 2. The van der Waals surface area contributed by atoms with Crippen LogP contribution < -0.4 is 16.4 Å². The Morgan fingerprint density at radius 1 is 0.949 bits per heavy atom. The minimum Gasteiger partial charge on any atom is -0.462 e. The van der Waals surface area contributed by atoms with Gasteiger partial charge in [-0.05, 0) is 25.3 Å². The monoisotopic (exact) mass is 552 g/mol. The molecule has 224 valence electrons. The lowest BCUT2D eigenvalue weighted by atomic mass is 9.87. The number of guanidine groups is 1. The standard InChI is InChI=1S/C29H52N4O6/c1-5-8-9-10-11-12-13-14-15-16-26(35)37-17-18-38-28(36)22-19-24(33-29(30)31)27(32-21(4)34)25(20-22)39-23(6-2)7-3/h20,23-25,27H,5-19H2,1-4H3,(H,32,34)(H4,30,31,33). The van der Waals surface area contributed by atoms with Crippen LogP contribution in [0.3, 0.4) is 0 Å². The van der Waals surface area contributed by atoms with E-state index in [-0.39, 0.29) is 43.6 Å². The van der Waals surface area contributed by atoms with E-state index < -0.39 is 24.2 Å². The van der Waals surface area contributed by atoms with Crippen LogP contribution in [0.25, 0.3) is 0 Å². The number of hydrogen-bond acceptors (Lipinski definition) is 7. The summed E-state index contributed by atoms with van der Waals surface area (Å²) in [7, 11) is 0. The molecule has 39 heavy (non-hydrogen) atoms. The Morgan fingerprint density at radius 2 is 1.54 bits per heavy atom. The fourth-order valence-electron chi connectivity index (χ4n) is 4.73. The summed E-state index contributed by atoms with van der Waals surface area (Å²) in [6.45, 7) is 7.57. The Kier molecular flexibility index (Phi) is 17.9. The van der Waals surface area contributed by atoms with Gasteiger partial charge >= 0.3 is 11.9 Å². The van der Waals surface area contributed by atoms with E-state index in [0.717, 1.165) is 32.1 Å². The van der Waals surface area contributed by atoms with Crippen molar-refractivity contribution >= 4 is 23.8 Å². The number of carbonyl (C=O) groups excluding carboxylic acids is 3. The first kappa shape index (κ1) is 34.4. The van der Waals surface area contributed by atoms with Gasteiger partial charge in [-0.3, -0.25) is 15.0 Å². The number of carbonyl (C=O) groups is 3. The third-order valence-electron chi connectivity index (χ3n) is 6.89. The van der Waals surface area contributed by atoms with Crippen LogP contribution in [0.2, 0.25) is 0 Å². The Labute approximate surface area is 234 Å². The fourth-order valence-corrected chi connectivity index (χ4v) is 4.73. The van der Waals surface area contributed by atoms with Gasteiger partial charge in [-0.2, -0.15) is 0 Å². The molecule has 0 fully saturated rings. The van der Waals surface area contributed by atoms with Crippen molar-refractivity contribution in [3.05, 3.63) is 11.6 Å². The average Bonchev–Trinajstić information content (AvgIpc) is 2.89. The predicted molar refractivity (Wildman–Crippen MR) is 152 cm³/mol. The van der Waals surface area contributed by atoms with E-state index in [4.69, 9.17) is 25.4 Å². The molecule has 1 aliphatic rings. The van der Waals surface area contributed by atoms with E-state index in [1.807, 2.05) is 13.8 Å². The van der Waals surface area contributed by atoms with Crippen LogP contribution in [0.1, 0.15) is 111 Å². The first-order valence-corrected chi connectivity index (χ1v) is 14.8. The Bertz CT molecular complexity index is 784. The number of ether oxygens (including phenoxy) is 3. The van der Waals surface area contributed by atoms with Crippen molar-refractivity contribution in [1.29, 1.82) is 5.41 Å². The zero-order chi connectivity index (χ0) is 29.0. The van der Waals surface area contributed by atoms with Gasteiger partial charge < -0.3 is 30.6 Å². The van der Waals surface area contributed by atoms with E-state index in [1.165, 1.54) is 45.4 Å². The molecule has 0 spiro atoms. The van der Waals surface area contributed by atoms with Gasteiger partial charge in [0.1, 0.15) is 13.2 Å². The molecule has 0 saturated carbocycles. The molecule has 1 amide bonds. The quantitative estimate of drug-likeness (QED) is 0.0757. The smallest absolute Gasteiger partial charge is 0.333 e. The number of nitrogens with two attached hydrogens (primary N) is 1. The maximum Gasteiger partial charge on any atom is 0.333 e. The first-order chi connectivity index (χ1) is 18.7. The van der Waals surface area contributed by atoms with Gasteiger partial charge in [-0.25, -0.2) is 4.79 Å². The molecule has 0 aromatic rings. The maximum absolute atomic E-state index is 12.8. The lowest BCUT2D eigenvalue weighted by Gasteiger charge is -2.38. The highest BCUT2D eigenvalue weighted by Crippen LogP contribution is 2.25. The molecule has 10 nitrogen and oxygen atoms in total. The lowest BCUT2D eigenvalue weighted by molar-refractivity contribution is -0.150. The summed E-state index contributed by atoms with van der Waals surface area (Å²) < 4.78 is 16.8. The molecule has 0 radical (unpaired) electrons. The Morgan fingerprint density at radius 3 is 2.10 bits per heavy atom. The fraction of sp³-hybridized carbons (Fsp3) is 0.793. The van der Waals surface area contributed by atoms with Gasteiger partial charge in [-0.1, -0.05) is 72.1 Å². The van der Waals surface area contributed by atoms with E-state index >= 15 is 0 Å². The Balaban J connectivity index is 2.54. The summed E-state index contributed by atoms with van der Waals surface area (Å²) in [5.41, 5.74) is 5.93. The van der Waals surface area contributed by atoms with Crippen molar-refractivity contribution in [3.8, 4) is 0 Å². The minimum atomic E-state index is -0.610. The van der Waals surface area contributed by atoms with Crippen molar-refractivity contribution < 1.29 is 28.6 Å². The summed E-state index contributed by atoms with van der Waals surface area (Å²) in [6.07, 6.45) is 13.7. The topological polar surface area (TPSA) is 153 Å². The summed E-state index contributed by atoms with van der Waals surface area (Å²) in [5.74, 6) is -1.37. The number of hydrogen-bond donors (Lipinski definition) is 4. The van der Waals surface area contributed by atoms with Gasteiger partial charge in [0.25, 0.3) is 0 Å². The summed E-state index contributed by atoms with van der Waals surface area (Å²) in [6, 6.07) is -1.06. The third-order valence-corrected chi connectivity index (χ3v) is 6.89. The predicted octanol–water partition coefficient (Wildman–Crippen LogP) is 4.25. The number of amides is 1. The molecule has 0 aromatic carbocycles. The van der Waals surface area contributed by atoms with Crippen LogP contribution in [0.5, 0.6) is 0 Å². The highest BCUT2D eigenvalue weighted by atomic mass is 16.6. The molecule has 5 N–H and O–H groups in total. The number of rotatable bonds is 20. The van der Waals surface area contributed by atoms with E-state index in [1.54, 1.807) is 6.08 Å². The molecular formula is C29H52N4O6. The molecule has 1 aliphatic carbocycles. The Hall–Kier alpha value is -2.62. The molecule has 10 heteroatoms. The van der Waals surface area contributed by atoms with Crippen LogP contribution in [0.15, 0.2) is 11.6 Å². The first-order valence-electron chi connectivity index (χ1n) is 14.8. The van der Waals surface area contributed by atoms with E-state index in [0.29, 0.717) is 12.0 Å². The zero-order valence-corrected chi connectivity index (χ0v) is 24.5. The molecule has 3 unspecified atom stereocenters. The van der Waals surface area contributed by atoms with Gasteiger partial charge in [0, 0.05) is 25.3 Å². The lowest BCUT2D eigenvalue weighted by Crippen LogP contribution is -2.60. The van der Waals surface area contributed by atoms with Crippen LogP contribution in [0.4, 0.5) is 0 Å². The van der Waals surface area contributed by atoms with Crippen molar-refractivity contribution in [2.24, 2.45) is 5.73 Å². The second-order valence-corrected chi connectivity index (χ2v) is 10.3. The SMILES string of the molecule is CCCCCCCCCCCC(=O)OCCOC(=O)C1=CC(OC(CC)CC)C(NC(C)=O)C(NC(=N)N)C1. The van der Waals surface area contributed by atoms with Crippen molar-refractivity contribution in [2.75, 3.05) is 13.2 Å². The molecule has 0 bridgehead atoms. The van der Waals surface area contributed by atoms with Crippen LogP contribution >= 0.6 is 0 Å². The summed E-state index contributed by atoms with van der Waals surface area (Å²) in [5, 5.41) is 13.4. The van der Waals surface area contributed by atoms with Crippen LogP contribution in [-0.4, -0.2) is 61.3 Å². The second kappa shape index (κ2) is 20.3. The molecule has 0 aromatic heterocycles. The molecule has 0 heterocycles. The molecular weight excluding hydrogens is 500 g/mol. The summed E-state index contributed by atoms with van der Waals surface area (Å²) in [4.78, 5) is 36.7. The minimum absolute atomic E-state index is 0.00735. The van der Waals surface area contributed by atoms with E-state index in [9.17, 15) is 14.4 Å². The highest BCUT2D eigenvalue weighted by Gasteiger charge is 2.38. The van der Waals surface area contributed by atoms with Crippen molar-refractivity contribution in [2.45, 2.75) is 135 Å². The van der Waals surface area contributed by atoms with Crippen LogP contribution in [0, 0.1) is 5.41 Å². The van der Waals surface area contributed by atoms with Crippen molar-refractivity contribution in [1.82, 2.24) is 10.6 Å². The molecule has 0 aliphatic heterocycles. The third kappa shape index (κ3) is 14.9. The van der Waals surface area contributed by atoms with Gasteiger partial charge in [0.05, 0.1) is 24.3 Å².